The first kappa shape index (κ1) is 23.5. The smallest absolute Gasteiger partial charge is 0.250 e. The molecular weight excluding hydrogens is 468 g/mol. The van der Waals surface area contributed by atoms with Crippen LogP contribution in [0.4, 0.5) is 11.4 Å². The van der Waals surface area contributed by atoms with Gasteiger partial charge in [-0.2, -0.15) is 0 Å². The van der Waals surface area contributed by atoms with E-state index in [2.05, 4.69) is 32.7 Å². The maximum Gasteiger partial charge on any atom is 0.250 e. The summed E-state index contributed by atoms with van der Waals surface area (Å²) in [4.78, 5) is 44.6. The Balaban J connectivity index is 1.32. The molecule has 2 aromatic heterocycles. The highest BCUT2D eigenvalue weighted by Gasteiger charge is 2.49. The Bertz CT molecular complexity index is 1380. The van der Waals surface area contributed by atoms with Crippen LogP contribution in [0.15, 0.2) is 59.9 Å². The van der Waals surface area contributed by atoms with Gasteiger partial charge < -0.3 is 24.7 Å². The molecule has 3 aliphatic heterocycles. The highest BCUT2D eigenvalue weighted by Crippen LogP contribution is 2.48. The summed E-state index contributed by atoms with van der Waals surface area (Å²) in [6.07, 6.45) is 7.85. The van der Waals surface area contributed by atoms with Gasteiger partial charge in [-0.1, -0.05) is 6.07 Å². The molecule has 4 atom stereocenters. The summed E-state index contributed by atoms with van der Waals surface area (Å²) in [6, 6.07) is 11.5. The normalized spacial score (nSPS) is 23.4. The molecule has 5 heterocycles. The molecule has 3 aliphatic rings. The molecule has 9 heteroatoms. The number of hydrogen-bond acceptors (Lipinski definition) is 5. The van der Waals surface area contributed by atoms with E-state index in [-0.39, 0.29) is 35.3 Å². The number of aromatic nitrogens is 3. The minimum absolute atomic E-state index is 0.0302. The van der Waals surface area contributed by atoms with E-state index >= 15 is 0 Å². The number of aryl methyl sites for hydroxylation is 1. The molecule has 3 aromatic rings. The largest absolute Gasteiger partial charge is 0.366 e. The Morgan fingerprint density at radius 2 is 2.05 bits per heavy atom. The molecule has 6 rings (SSSR count). The van der Waals surface area contributed by atoms with Crippen LogP contribution >= 0.6 is 0 Å². The Hall–Kier alpha value is -3.88. The van der Waals surface area contributed by atoms with Gasteiger partial charge in [0, 0.05) is 80.6 Å². The molecule has 0 radical (unpaired) electrons. The van der Waals surface area contributed by atoms with Crippen LogP contribution in [0, 0.1) is 11.8 Å². The van der Waals surface area contributed by atoms with Gasteiger partial charge in [0.25, 0.3) is 5.56 Å². The van der Waals surface area contributed by atoms with Gasteiger partial charge in [-0.25, -0.2) is 4.98 Å². The van der Waals surface area contributed by atoms with E-state index in [1.165, 1.54) is 6.92 Å². The number of nitrogens with one attached hydrogen (secondary N) is 2. The highest BCUT2D eigenvalue weighted by atomic mass is 16.2. The second kappa shape index (κ2) is 9.53. The predicted octanol–water partition coefficient (Wildman–Crippen LogP) is 2.37. The lowest BCUT2D eigenvalue weighted by atomic mass is 9.69. The summed E-state index contributed by atoms with van der Waals surface area (Å²) < 4.78 is 3.93. The third kappa shape index (κ3) is 4.43. The number of pyridine rings is 1. The third-order valence-electron chi connectivity index (χ3n) is 8.07. The molecule has 1 saturated heterocycles. The van der Waals surface area contributed by atoms with Gasteiger partial charge in [-0.05, 0) is 55.0 Å². The van der Waals surface area contributed by atoms with E-state index in [1.54, 1.807) is 18.6 Å². The van der Waals surface area contributed by atoms with Crippen molar-refractivity contribution in [2.45, 2.75) is 51.2 Å². The zero-order valence-corrected chi connectivity index (χ0v) is 21.0. The molecular formula is C28H32N6O3. The van der Waals surface area contributed by atoms with Gasteiger partial charge >= 0.3 is 0 Å². The predicted molar refractivity (Wildman–Crippen MR) is 140 cm³/mol. The summed E-state index contributed by atoms with van der Waals surface area (Å²) in [5, 5.41) is 6.08. The summed E-state index contributed by atoms with van der Waals surface area (Å²) in [5.74, 6) is 0.113. The number of piperidine rings is 1. The van der Waals surface area contributed by atoms with E-state index in [0.717, 1.165) is 48.6 Å². The maximum absolute atomic E-state index is 13.7. The molecule has 2 amide bonds. The van der Waals surface area contributed by atoms with Crippen molar-refractivity contribution >= 4 is 23.2 Å². The molecule has 1 aromatic carbocycles. The second-order valence-electron chi connectivity index (χ2n) is 10.5. The van der Waals surface area contributed by atoms with Crippen molar-refractivity contribution in [3.63, 3.8) is 0 Å². The number of rotatable bonds is 6. The highest BCUT2D eigenvalue weighted by molar-refractivity contribution is 5.89. The SMILES string of the molecule is CC(=O)Nc1ccc2c(c1)CC(C(=O)NCCCn1ccnc1)C1C3CC(CN21)Cn1c3cccc1=O. The standard InChI is InChI=1S/C28H32N6O3/c1-18(35)31-21-6-7-24-20(13-21)14-23(28(37)30-8-3-10-32-11-9-29-17-32)27-22-12-19(16-34(24)27)15-33-25(22)4-2-5-26(33)36/h2,4-7,9,11,13,17,19,22-23,27H,3,8,10,12,14-16H2,1H3,(H,30,37)(H,31,35). The average Bonchev–Trinajstić information content (AvgIpc) is 3.40. The Morgan fingerprint density at radius 1 is 1.16 bits per heavy atom. The zero-order chi connectivity index (χ0) is 25.5. The number of amides is 2. The van der Waals surface area contributed by atoms with Crippen LogP contribution in [0.5, 0.6) is 0 Å². The first-order chi connectivity index (χ1) is 18.0. The topological polar surface area (TPSA) is 101 Å². The molecule has 37 heavy (non-hydrogen) atoms. The number of hydrogen-bond donors (Lipinski definition) is 2. The van der Waals surface area contributed by atoms with E-state index in [0.29, 0.717) is 25.4 Å². The second-order valence-corrected chi connectivity index (χ2v) is 10.5. The van der Waals surface area contributed by atoms with Gasteiger partial charge in [0.05, 0.1) is 12.2 Å². The summed E-state index contributed by atoms with van der Waals surface area (Å²) in [6.45, 7) is 4.39. The lowest BCUT2D eigenvalue weighted by molar-refractivity contribution is -0.126. The van der Waals surface area contributed by atoms with Crippen LogP contribution in [0.25, 0.3) is 0 Å². The van der Waals surface area contributed by atoms with Crippen LogP contribution in [-0.4, -0.2) is 45.1 Å². The van der Waals surface area contributed by atoms with Crippen LogP contribution in [0.3, 0.4) is 0 Å². The number of carbonyl (C=O) groups is 2. The quantitative estimate of drug-likeness (QED) is 0.506. The molecule has 192 valence electrons. The Labute approximate surface area is 215 Å². The Kier molecular flexibility index (Phi) is 6.06. The van der Waals surface area contributed by atoms with E-state index in [9.17, 15) is 14.4 Å². The lowest BCUT2D eigenvalue weighted by Gasteiger charge is -2.54. The van der Waals surface area contributed by atoms with Crippen LogP contribution in [0.2, 0.25) is 0 Å². The van der Waals surface area contributed by atoms with Crippen molar-refractivity contribution in [2.24, 2.45) is 11.8 Å². The fraction of sp³-hybridized carbons (Fsp3) is 0.429. The van der Waals surface area contributed by atoms with Gasteiger partial charge in [0.1, 0.15) is 0 Å². The fourth-order valence-corrected chi connectivity index (χ4v) is 6.63. The maximum atomic E-state index is 13.7. The average molecular weight is 501 g/mol. The van der Waals surface area contributed by atoms with E-state index < -0.39 is 0 Å². The van der Waals surface area contributed by atoms with Gasteiger partial charge in [-0.15, -0.1) is 0 Å². The number of anilines is 2. The monoisotopic (exact) mass is 500 g/mol. The Morgan fingerprint density at radius 3 is 2.86 bits per heavy atom. The molecule has 9 nitrogen and oxygen atoms in total. The number of benzene rings is 1. The van der Waals surface area contributed by atoms with Crippen molar-refractivity contribution in [2.75, 3.05) is 23.3 Å². The summed E-state index contributed by atoms with van der Waals surface area (Å²) >= 11 is 0. The molecule has 0 aliphatic carbocycles. The van der Waals surface area contributed by atoms with Gasteiger partial charge in [0.15, 0.2) is 0 Å². The molecule has 0 spiro atoms. The molecule has 2 bridgehead atoms. The van der Waals surface area contributed by atoms with Crippen molar-refractivity contribution in [1.29, 1.82) is 0 Å². The minimum atomic E-state index is -0.263. The molecule has 1 fully saturated rings. The molecule has 4 unspecified atom stereocenters. The number of carbonyl (C=O) groups excluding carboxylic acids is 2. The summed E-state index contributed by atoms with van der Waals surface area (Å²) in [7, 11) is 0. The van der Waals surface area contributed by atoms with Crippen molar-refractivity contribution < 1.29 is 9.59 Å². The molecule has 2 N–H and O–H groups in total. The van der Waals surface area contributed by atoms with Crippen LogP contribution in [0.1, 0.15) is 36.9 Å². The van der Waals surface area contributed by atoms with Crippen molar-refractivity contribution in [1.82, 2.24) is 19.4 Å². The first-order valence-electron chi connectivity index (χ1n) is 13.1. The van der Waals surface area contributed by atoms with Crippen LogP contribution < -0.4 is 21.1 Å². The van der Waals surface area contributed by atoms with Crippen molar-refractivity contribution in [3.05, 3.63) is 76.7 Å². The van der Waals surface area contributed by atoms with Gasteiger partial charge in [0.2, 0.25) is 11.8 Å². The van der Waals surface area contributed by atoms with Crippen LogP contribution in [-0.2, 0) is 29.1 Å². The summed E-state index contributed by atoms with van der Waals surface area (Å²) in [5.41, 5.74) is 4.03. The zero-order valence-electron chi connectivity index (χ0n) is 21.0. The lowest BCUT2D eigenvalue weighted by Crippen LogP contribution is -2.60. The van der Waals surface area contributed by atoms with Crippen molar-refractivity contribution in [3.8, 4) is 0 Å². The number of fused-ring (bicyclic) bond motifs is 8. The number of imidazole rings is 1. The number of nitrogens with zero attached hydrogens (tertiary/aromatic N) is 4. The van der Waals surface area contributed by atoms with Gasteiger partial charge in [-0.3, -0.25) is 14.4 Å². The molecule has 0 saturated carbocycles. The third-order valence-corrected chi connectivity index (χ3v) is 8.07. The minimum Gasteiger partial charge on any atom is -0.366 e. The van der Waals surface area contributed by atoms with E-state index in [1.807, 2.05) is 33.5 Å². The fourth-order valence-electron chi connectivity index (χ4n) is 6.63. The van der Waals surface area contributed by atoms with E-state index in [4.69, 9.17) is 0 Å². The first-order valence-corrected chi connectivity index (χ1v) is 13.1.